The molecular weight excluding hydrogens is 367 g/mol. The van der Waals surface area contributed by atoms with Gasteiger partial charge >= 0.3 is 0 Å². The number of ether oxygens (including phenoxy) is 5. The van der Waals surface area contributed by atoms with E-state index in [-0.39, 0.29) is 11.6 Å². The van der Waals surface area contributed by atoms with Crippen molar-refractivity contribution in [3.63, 3.8) is 0 Å². The van der Waals surface area contributed by atoms with Gasteiger partial charge in [-0.1, -0.05) is 12.1 Å². The molecule has 2 aromatic carbocycles. The lowest BCUT2D eigenvalue weighted by atomic mass is 10.2. The first-order valence-electron chi connectivity index (χ1n) is 8.67. The van der Waals surface area contributed by atoms with Gasteiger partial charge in [-0.2, -0.15) is 0 Å². The zero-order valence-electron chi connectivity index (χ0n) is 15.7. The maximum absolute atomic E-state index is 14.0. The average molecular weight is 388 g/mol. The summed E-state index contributed by atoms with van der Waals surface area (Å²) in [4.78, 5) is 8.40. The average Bonchev–Trinajstić information content (AvgIpc) is 2.70. The van der Waals surface area contributed by atoms with Crippen LogP contribution in [0.4, 0.5) is 4.39 Å². The van der Waals surface area contributed by atoms with E-state index >= 15 is 0 Å². The fourth-order valence-electron chi connectivity index (χ4n) is 2.45. The van der Waals surface area contributed by atoms with E-state index < -0.39 is 5.82 Å². The Morgan fingerprint density at radius 2 is 1.50 bits per heavy atom. The minimum atomic E-state index is -0.481. The molecule has 0 spiro atoms. The Kier molecular flexibility index (Phi) is 6.94. The Morgan fingerprint density at radius 1 is 0.821 bits per heavy atom. The van der Waals surface area contributed by atoms with Crippen molar-refractivity contribution in [3.05, 3.63) is 48.5 Å². The second-order valence-electron chi connectivity index (χ2n) is 5.71. The quantitative estimate of drug-likeness (QED) is 0.491. The van der Waals surface area contributed by atoms with Gasteiger partial charge in [-0.25, -0.2) is 14.4 Å². The molecule has 0 saturated heterocycles. The van der Waals surface area contributed by atoms with Crippen molar-refractivity contribution in [2.24, 2.45) is 0 Å². The molecule has 0 radical (unpaired) electrons. The third-order valence-electron chi connectivity index (χ3n) is 3.80. The van der Waals surface area contributed by atoms with Crippen LogP contribution >= 0.6 is 0 Å². The van der Waals surface area contributed by atoms with Gasteiger partial charge in [0.1, 0.15) is 19.5 Å². The minimum Gasteiger partial charge on any atom is -0.487 e. The first-order valence-corrected chi connectivity index (χ1v) is 8.67. The van der Waals surface area contributed by atoms with E-state index in [4.69, 9.17) is 23.7 Å². The van der Waals surface area contributed by atoms with Gasteiger partial charge in [0.2, 0.25) is 5.88 Å². The maximum Gasteiger partial charge on any atom is 0.230 e. The summed E-state index contributed by atoms with van der Waals surface area (Å²) in [6.07, 6.45) is 1.35. The van der Waals surface area contributed by atoms with Crippen LogP contribution in [0.5, 0.6) is 23.1 Å². The molecule has 0 amide bonds. The molecule has 28 heavy (non-hydrogen) atoms. The van der Waals surface area contributed by atoms with Gasteiger partial charge in [-0.05, 0) is 18.2 Å². The molecule has 0 bridgehead atoms. The van der Waals surface area contributed by atoms with Gasteiger partial charge in [-0.3, -0.25) is 0 Å². The predicted octanol–water partition coefficient (Wildman–Crippen LogP) is 3.61. The zero-order chi connectivity index (χ0) is 19.8. The van der Waals surface area contributed by atoms with Crippen molar-refractivity contribution in [1.29, 1.82) is 0 Å². The van der Waals surface area contributed by atoms with Gasteiger partial charge in [0.05, 0.1) is 24.1 Å². The van der Waals surface area contributed by atoms with Crippen LogP contribution in [0, 0.1) is 5.82 Å². The van der Waals surface area contributed by atoms with Crippen molar-refractivity contribution in [3.8, 4) is 23.1 Å². The van der Waals surface area contributed by atoms with Crippen molar-refractivity contribution < 1.29 is 28.1 Å². The van der Waals surface area contributed by atoms with Crippen LogP contribution in [-0.4, -0.2) is 50.6 Å². The second-order valence-corrected chi connectivity index (χ2v) is 5.71. The molecule has 0 fully saturated rings. The molecule has 0 aliphatic rings. The Bertz CT molecular complexity index is 922. The molecule has 0 unspecified atom stereocenters. The van der Waals surface area contributed by atoms with E-state index in [2.05, 4.69) is 9.97 Å². The summed E-state index contributed by atoms with van der Waals surface area (Å²) < 4.78 is 41.2. The molecule has 8 heteroatoms. The Balaban J connectivity index is 1.96. The van der Waals surface area contributed by atoms with Gasteiger partial charge in [0, 0.05) is 20.3 Å². The summed E-state index contributed by atoms with van der Waals surface area (Å²) in [6.45, 7) is 1.53. The molecule has 0 aliphatic heterocycles. The summed E-state index contributed by atoms with van der Waals surface area (Å²) >= 11 is 0. The van der Waals surface area contributed by atoms with E-state index in [9.17, 15) is 4.39 Å². The number of benzene rings is 2. The Labute approximate surface area is 162 Å². The van der Waals surface area contributed by atoms with Crippen LogP contribution in [0.3, 0.4) is 0 Å². The van der Waals surface area contributed by atoms with Gasteiger partial charge in [0.15, 0.2) is 23.1 Å². The number of hydrogen-bond donors (Lipinski definition) is 0. The molecule has 148 valence electrons. The van der Waals surface area contributed by atoms with Crippen molar-refractivity contribution in [2.75, 3.05) is 40.6 Å². The highest BCUT2D eigenvalue weighted by Crippen LogP contribution is 2.36. The lowest BCUT2D eigenvalue weighted by Crippen LogP contribution is -2.09. The molecule has 0 N–H and O–H groups in total. The van der Waals surface area contributed by atoms with E-state index in [0.29, 0.717) is 48.8 Å². The minimum absolute atomic E-state index is 0.0739. The Hall–Kier alpha value is -2.97. The highest BCUT2D eigenvalue weighted by atomic mass is 19.1. The molecule has 7 nitrogen and oxygen atoms in total. The molecule has 0 atom stereocenters. The summed E-state index contributed by atoms with van der Waals surface area (Å²) in [6, 6.07) is 9.56. The smallest absolute Gasteiger partial charge is 0.230 e. The first kappa shape index (κ1) is 19.8. The number of fused-ring (bicyclic) bond motifs is 1. The lowest BCUT2D eigenvalue weighted by Gasteiger charge is -2.15. The fourth-order valence-corrected chi connectivity index (χ4v) is 2.45. The maximum atomic E-state index is 14.0. The SMILES string of the molecule is COCCOc1cc2ncnc(Oc3ccccc3F)c2cc1OCCOC. The third kappa shape index (κ3) is 4.85. The largest absolute Gasteiger partial charge is 0.487 e. The molecule has 0 saturated carbocycles. The van der Waals surface area contributed by atoms with Crippen LogP contribution in [0.1, 0.15) is 0 Å². The highest BCUT2D eigenvalue weighted by Gasteiger charge is 2.15. The van der Waals surface area contributed by atoms with Gasteiger partial charge in [0.25, 0.3) is 0 Å². The first-order chi connectivity index (χ1) is 13.7. The standard InChI is InChI=1S/C20H21FN2O5/c1-24-7-9-26-18-11-14-16(12-19(18)27-10-8-25-2)22-13-23-20(14)28-17-6-4-3-5-15(17)21/h3-6,11-13H,7-10H2,1-2H3. The van der Waals surface area contributed by atoms with E-state index in [0.717, 1.165) is 0 Å². The van der Waals surface area contributed by atoms with E-state index in [1.807, 2.05) is 0 Å². The summed E-state index contributed by atoms with van der Waals surface area (Å²) in [5.41, 5.74) is 0.577. The van der Waals surface area contributed by atoms with Crippen molar-refractivity contribution in [2.45, 2.75) is 0 Å². The van der Waals surface area contributed by atoms with Crippen LogP contribution in [0.15, 0.2) is 42.7 Å². The number of methoxy groups -OCH3 is 2. The third-order valence-corrected chi connectivity index (χ3v) is 3.80. The molecule has 1 aromatic heterocycles. The number of rotatable bonds is 10. The Morgan fingerprint density at radius 3 is 2.18 bits per heavy atom. The lowest BCUT2D eigenvalue weighted by molar-refractivity contribution is 0.132. The summed E-state index contributed by atoms with van der Waals surface area (Å²) in [7, 11) is 3.19. The number of para-hydroxylation sites is 1. The zero-order valence-corrected chi connectivity index (χ0v) is 15.7. The summed E-state index contributed by atoms with van der Waals surface area (Å²) in [5, 5.41) is 0.567. The topological polar surface area (TPSA) is 71.9 Å². The van der Waals surface area contributed by atoms with Crippen LogP contribution in [-0.2, 0) is 9.47 Å². The van der Waals surface area contributed by atoms with E-state index in [1.165, 1.54) is 18.5 Å². The van der Waals surface area contributed by atoms with E-state index in [1.54, 1.807) is 38.5 Å². The molecular formula is C20H21FN2O5. The van der Waals surface area contributed by atoms with Crippen molar-refractivity contribution in [1.82, 2.24) is 9.97 Å². The number of aromatic nitrogens is 2. The van der Waals surface area contributed by atoms with Gasteiger partial charge < -0.3 is 23.7 Å². The number of hydrogen-bond acceptors (Lipinski definition) is 7. The fraction of sp³-hybridized carbons (Fsp3) is 0.300. The molecule has 1 heterocycles. The molecule has 3 aromatic rings. The monoisotopic (exact) mass is 388 g/mol. The highest BCUT2D eigenvalue weighted by molar-refractivity contribution is 5.87. The van der Waals surface area contributed by atoms with Crippen LogP contribution in [0.2, 0.25) is 0 Å². The molecule has 3 rings (SSSR count). The molecule has 0 aliphatic carbocycles. The second kappa shape index (κ2) is 9.82. The normalized spacial score (nSPS) is 10.8. The van der Waals surface area contributed by atoms with Crippen molar-refractivity contribution >= 4 is 10.9 Å². The van der Waals surface area contributed by atoms with Crippen LogP contribution < -0.4 is 14.2 Å². The predicted molar refractivity (Wildman–Crippen MR) is 101 cm³/mol. The van der Waals surface area contributed by atoms with Gasteiger partial charge in [-0.15, -0.1) is 0 Å². The number of halogens is 1. The van der Waals surface area contributed by atoms with Crippen LogP contribution in [0.25, 0.3) is 10.9 Å². The summed E-state index contributed by atoms with van der Waals surface area (Å²) in [5.74, 6) is 0.801. The number of nitrogens with zero attached hydrogens (tertiary/aromatic N) is 2.